The minimum absolute atomic E-state index is 0.0358. The molecule has 3 rings (SSSR count). The molecule has 3 N–H and O–H groups in total. The van der Waals surface area contributed by atoms with E-state index in [4.69, 9.17) is 10.5 Å². The molecule has 2 saturated heterocycles. The number of carbonyl (C=O) groups is 5. The number of aliphatic carboxylic acids is 1. The van der Waals surface area contributed by atoms with E-state index in [0.29, 0.717) is 0 Å². The van der Waals surface area contributed by atoms with Crippen molar-refractivity contribution < 1.29 is 33.8 Å². The van der Waals surface area contributed by atoms with Crippen LogP contribution in [0.2, 0.25) is 0 Å². The first-order valence-corrected chi connectivity index (χ1v) is 8.07. The summed E-state index contributed by atoms with van der Waals surface area (Å²) in [5.41, 5.74) is 3.75. The first-order chi connectivity index (χ1) is 11.2. The number of ether oxygens (including phenoxy) is 1. The van der Waals surface area contributed by atoms with Gasteiger partial charge in [0.05, 0.1) is 5.25 Å². The predicted octanol–water partition coefficient (Wildman–Crippen LogP) is -1.20. The largest absolute Gasteiger partial charge is 0.477 e. The number of nitrogens with two attached hydrogens (primary N) is 1. The third-order valence-electron chi connectivity index (χ3n) is 4.31. The zero-order chi connectivity index (χ0) is 17.8. The number of fused-ring (bicyclic) bond motifs is 1. The Balaban J connectivity index is 2.13. The van der Waals surface area contributed by atoms with E-state index in [0.717, 1.165) is 23.6 Å². The van der Waals surface area contributed by atoms with Crippen LogP contribution >= 0.6 is 11.8 Å². The molecular formula is C14H14N2O7S. The monoisotopic (exact) mass is 354 g/mol. The van der Waals surface area contributed by atoms with Gasteiger partial charge in [-0.2, -0.15) is 0 Å². The summed E-state index contributed by atoms with van der Waals surface area (Å²) in [6.07, 6.45) is -0.322. The van der Waals surface area contributed by atoms with Gasteiger partial charge >= 0.3 is 11.9 Å². The third kappa shape index (κ3) is 2.09. The van der Waals surface area contributed by atoms with Gasteiger partial charge in [-0.1, -0.05) is 0 Å². The van der Waals surface area contributed by atoms with E-state index in [9.17, 15) is 29.1 Å². The van der Waals surface area contributed by atoms with Crippen LogP contribution in [0.1, 0.15) is 19.8 Å². The molecule has 128 valence electrons. The molecule has 0 saturated carbocycles. The lowest BCUT2D eigenvalue weighted by Crippen LogP contribution is -2.82. The van der Waals surface area contributed by atoms with Crippen LogP contribution in [0, 0.1) is 0 Å². The average Bonchev–Trinajstić information content (AvgIpc) is 2.53. The zero-order valence-electron chi connectivity index (χ0n) is 12.6. The highest BCUT2D eigenvalue weighted by atomic mass is 32.2. The van der Waals surface area contributed by atoms with Crippen molar-refractivity contribution in [3.05, 3.63) is 11.3 Å². The molecule has 24 heavy (non-hydrogen) atoms. The van der Waals surface area contributed by atoms with Crippen molar-refractivity contribution in [2.24, 2.45) is 5.73 Å². The molecule has 0 spiro atoms. The standard InChI is InChI=1S/C14H14N2O7S/c1-5(17)23-4-6-9(11(20)21)16-12(22)14(15)8(19)3-2-7(18)10(6)24-13(14)16/h10,13H,2-4,15H2,1H3,(H,20,21)/t10?,13-,14-/m1/s1. The van der Waals surface area contributed by atoms with Gasteiger partial charge in [0.1, 0.15) is 17.7 Å². The Morgan fingerprint density at radius 1 is 1.38 bits per heavy atom. The summed E-state index contributed by atoms with van der Waals surface area (Å²) >= 11 is 0.958. The number of carboxylic acids is 1. The number of nitrogens with zero attached hydrogens (tertiary/aromatic N) is 1. The summed E-state index contributed by atoms with van der Waals surface area (Å²) in [5.74, 6) is -3.81. The van der Waals surface area contributed by atoms with Crippen LogP contribution < -0.4 is 5.73 Å². The molecule has 0 aromatic carbocycles. The van der Waals surface area contributed by atoms with Gasteiger partial charge in [-0.05, 0) is 0 Å². The molecule has 9 nitrogen and oxygen atoms in total. The highest BCUT2D eigenvalue weighted by Gasteiger charge is 2.68. The summed E-state index contributed by atoms with van der Waals surface area (Å²) in [7, 11) is 0. The molecule has 1 amide bonds. The SMILES string of the molecule is CC(=O)OCC1=C(C(=O)O)N2C(=O)[C@]3(N)C(=O)CCC(=O)C1S[C@@H]23. The van der Waals surface area contributed by atoms with Crippen molar-refractivity contribution in [1.29, 1.82) is 0 Å². The number of ketones is 2. The quantitative estimate of drug-likeness (QED) is 0.363. The fourth-order valence-corrected chi connectivity index (χ4v) is 4.73. The molecule has 0 aromatic rings. The Hall–Kier alpha value is -2.20. The fourth-order valence-electron chi connectivity index (χ4n) is 3.09. The van der Waals surface area contributed by atoms with Crippen LogP contribution in [0.4, 0.5) is 0 Å². The maximum atomic E-state index is 12.4. The summed E-state index contributed by atoms with van der Waals surface area (Å²) < 4.78 is 4.86. The van der Waals surface area contributed by atoms with E-state index in [1.807, 2.05) is 0 Å². The maximum absolute atomic E-state index is 12.4. The number of amides is 1. The van der Waals surface area contributed by atoms with Crippen LogP contribution in [0.15, 0.2) is 11.3 Å². The first kappa shape index (κ1) is 16.7. The van der Waals surface area contributed by atoms with Gasteiger partial charge in [-0.15, -0.1) is 11.8 Å². The lowest BCUT2D eigenvalue weighted by Gasteiger charge is -2.56. The molecule has 0 aromatic heterocycles. The van der Waals surface area contributed by atoms with Crippen LogP contribution in [0.5, 0.6) is 0 Å². The zero-order valence-corrected chi connectivity index (χ0v) is 13.4. The van der Waals surface area contributed by atoms with Gasteiger partial charge in [0.15, 0.2) is 17.1 Å². The lowest BCUT2D eigenvalue weighted by atomic mass is 9.79. The van der Waals surface area contributed by atoms with Gasteiger partial charge in [0, 0.05) is 25.3 Å². The van der Waals surface area contributed by atoms with E-state index in [-0.39, 0.29) is 24.2 Å². The van der Waals surface area contributed by atoms with E-state index in [1.54, 1.807) is 0 Å². The van der Waals surface area contributed by atoms with Crippen LogP contribution in [-0.4, -0.2) is 62.2 Å². The number of carbonyl (C=O) groups excluding carboxylic acids is 4. The minimum Gasteiger partial charge on any atom is -0.477 e. The topological polar surface area (TPSA) is 144 Å². The summed E-state index contributed by atoms with van der Waals surface area (Å²) in [6.45, 7) is 0.737. The molecule has 1 unspecified atom stereocenters. The van der Waals surface area contributed by atoms with E-state index in [1.165, 1.54) is 0 Å². The van der Waals surface area contributed by atoms with E-state index in [2.05, 4.69) is 0 Å². The van der Waals surface area contributed by atoms with Crippen molar-refractivity contribution in [3.63, 3.8) is 0 Å². The second-order valence-electron chi connectivity index (χ2n) is 5.76. The number of β-lactam (4-membered cyclic amide) rings is 1. The number of rotatable bonds is 3. The molecular weight excluding hydrogens is 340 g/mol. The van der Waals surface area contributed by atoms with Gasteiger partial charge < -0.3 is 15.6 Å². The Morgan fingerprint density at radius 2 is 2.04 bits per heavy atom. The van der Waals surface area contributed by atoms with Crippen molar-refractivity contribution in [2.75, 3.05) is 6.61 Å². The number of carboxylic acid groups (broad SMARTS) is 1. The molecule has 2 bridgehead atoms. The smallest absolute Gasteiger partial charge is 0.352 e. The maximum Gasteiger partial charge on any atom is 0.352 e. The second kappa shape index (κ2) is 5.42. The molecule has 2 fully saturated rings. The first-order valence-electron chi connectivity index (χ1n) is 7.13. The Kier molecular flexibility index (Phi) is 3.76. The number of esters is 1. The fraction of sp³-hybridized carbons (Fsp3) is 0.500. The molecule has 3 atom stereocenters. The number of hydrogen-bond donors (Lipinski definition) is 2. The normalized spacial score (nSPS) is 32.1. The Bertz CT molecular complexity index is 731. The molecule has 10 heteroatoms. The van der Waals surface area contributed by atoms with Crippen molar-refractivity contribution in [1.82, 2.24) is 4.90 Å². The lowest BCUT2D eigenvalue weighted by molar-refractivity contribution is -0.160. The second-order valence-corrected chi connectivity index (χ2v) is 6.95. The van der Waals surface area contributed by atoms with Gasteiger partial charge in [-0.3, -0.25) is 24.1 Å². The minimum atomic E-state index is -1.81. The molecule has 3 heterocycles. The predicted molar refractivity (Wildman–Crippen MR) is 79.5 cm³/mol. The van der Waals surface area contributed by atoms with Crippen molar-refractivity contribution >= 4 is 41.2 Å². The van der Waals surface area contributed by atoms with E-state index < -0.39 is 52.1 Å². The Morgan fingerprint density at radius 3 is 2.62 bits per heavy atom. The third-order valence-corrected chi connectivity index (χ3v) is 5.97. The van der Waals surface area contributed by atoms with Crippen molar-refractivity contribution in [3.8, 4) is 0 Å². The van der Waals surface area contributed by atoms with Gasteiger partial charge in [0.25, 0.3) is 5.91 Å². The Labute approximate surface area is 140 Å². The van der Waals surface area contributed by atoms with E-state index >= 15 is 0 Å². The molecule has 3 aliphatic heterocycles. The molecule has 0 radical (unpaired) electrons. The number of thioether (sulfide) groups is 1. The summed E-state index contributed by atoms with van der Waals surface area (Å²) in [4.78, 5) is 60.6. The highest BCUT2D eigenvalue weighted by molar-refractivity contribution is 8.01. The summed E-state index contributed by atoms with van der Waals surface area (Å²) in [6, 6.07) is 0. The van der Waals surface area contributed by atoms with Crippen LogP contribution in [0.3, 0.4) is 0 Å². The number of hydrogen-bond acceptors (Lipinski definition) is 8. The molecule has 0 aliphatic carbocycles. The number of Topliss-reactive ketones (excluding diaryl/α,β-unsaturated/α-hetero) is 2. The van der Waals surface area contributed by atoms with Gasteiger partial charge in [0.2, 0.25) is 0 Å². The average molecular weight is 354 g/mol. The van der Waals surface area contributed by atoms with Gasteiger partial charge in [-0.25, -0.2) is 4.79 Å². The summed E-state index contributed by atoms with van der Waals surface area (Å²) in [5, 5.41) is 7.64. The highest BCUT2D eigenvalue weighted by Crippen LogP contribution is 2.50. The van der Waals surface area contributed by atoms with Crippen LogP contribution in [0.25, 0.3) is 0 Å². The molecule has 3 aliphatic rings. The van der Waals surface area contributed by atoms with Crippen molar-refractivity contribution in [2.45, 2.75) is 35.9 Å². The van der Waals surface area contributed by atoms with Crippen LogP contribution in [-0.2, 0) is 28.7 Å².